The molecular weight excluding hydrogens is 324 g/mol. The second kappa shape index (κ2) is 6.64. The molecular formula is C23H24O3. The molecule has 1 heterocycles. The van der Waals surface area contributed by atoms with Crippen LogP contribution < -0.4 is 4.74 Å². The number of ketones is 1. The van der Waals surface area contributed by atoms with Gasteiger partial charge in [0.15, 0.2) is 5.60 Å². The number of hydrogen-bond donors (Lipinski definition) is 0. The van der Waals surface area contributed by atoms with E-state index in [9.17, 15) is 4.79 Å². The molecule has 0 amide bonds. The summed E-state index contributed by atoms with van der Waals surface area (Å²) in [7, 11) is 0. The second-order valence-corrected chi connectivity index (χ2v) is 7.39. The molecule has 0 N–H and O–H groups in total. The van der Waals surface area contributed by atoms with Crippen LogP contribution in [0.5, 0.6) is 5.75 Å². The molecule has 4 rings (SSSR count). The van der Waals surface area contributed by atoms with Gasteiger partial charge < -0.3 is 9.47 Å². The summed E-state index contributed by atoms with van der Waals surface area (Å²) in [6.45, 7) is 4.01. The van der Waals surface area contributed by atoms with Gasteiger partial charge in [-0.3, -0.25) is 4.79 Å². The predicted molar refractivity (Wildman–Crippen MR) is 103 cm³/mol. The maximum Gasteiger partial charge on any atom is 0.210 e. The highest BCUT2D eigenvalue weighted by Gasteiger charge is 2.51. The van der Waals surface area contributed by atoms with Gasteiger partial charge in [-0.15, -0.1) is 0 Å². The van der Waals surface area contributed by atoms with Crippen molar-refractivity contribution in [2.24, 2.45) is 0 Å². The van der Waals surface area contributed by atoms with Crippen LogP contribution in [0.1, 0.15) is 50.7 Å². The first-order valence-corrected chi connectivity index (χ1v) is 9.40. The van der Waals surface area contributed by atoms with Gasteiger partial charge in [0.25, 0.3) is 0 Å². The smallest absolute Gasteiger partial charge is 0.210 e. The summed E-state index contributed by atoms with van der Waals surface area (Å²) in [6.07, 6.45) is 3.83. The highest BCUT2D eigenvalue weighted by molar-refractivity contribution is 6.33. The van der Waals surface area contributed by atoms with Crippen LogP contribution in [0.2, 0.25) is 0 Å². The Morgan fingerprint density at radius 1 is 0.923 bits per heavy atom. The van der Waals surface area contributed by atoms with Gasteiger partial charge in [0.1, 0.15) is 11.5 Å². The number of ether oxygens (including phenoxy) is 2. The number of carbonyl (C=O) groups excluding carboxylic acids is 1. The summed E-state index contributed by atoms with van der Waals surface area (Å²) in [5.41, 5.74) is 1.91. The van der Waals surface area contributed by atoms with Crippen molar-refractivity contribution < 1.29 is 14.3 Å². The van der Waals surface area contributed by atoms with Crippen LogP contribution in [0.25, 0.3) is 11.3 Å². The zero-order valence-electron chi connectivity index (χ0n) is 15.3. The van der Waals surface area contributed by atoms with E-state index in [1.54, 1.807) is 0 Å². The van der Waals surface area contributed by atoms with E-state index in [0.717, 1.165) is 42.6 Å². The molecule has 0 saturated heterocycles. The molecule has 1 aliphatic heterocycles. The van der Waals surface area contributed by atoms with Crippen LogP contribution >= 0.6 is 0 Å². The highest BCUT2D eigenvalue weighted by atomic mass is 16.5. The topological polar surface area (TPSA) is 35.5 Å². The third-order valence-electron chi connectivity index (χ3n) is 5.13. The van der Waals surface area contributed by atoms with Crippen molar-refractivity contribution >= 4 is 17.1 Å². The summed E-state index contributed by atoms with van der Waals surface area (Å²) in [4.78, 5) is 13.3. The minimum atomic E-state index is -0.659. The lowest BCUT2D eigenvalue weighted by Gasteiger charge is -2.22. The van der Waals surface area contributed by atoms with Crippen molar-refractivity contribution in [1.82, 2.24) is 0 Å². The van der Waals surface area contributed by atoms with Crippen molar-refractivity contribution in [1.29, 1.82) is 0 Å². The molecule has 3 nitrogen and oxygen atoms in total. The van der Waals surface area contributed by atoms with Crippen molar-refractivity contribution in [2.45, 2.75) is 51.2 Å². The Morgan fingerprint density at radius 3 is 2.19 bits per heavy atom. The van der Waals surface area contributed by atoms with Gasteiger partial charge in [-0.05, 0) is 69.4 Å². The minimum absolute atomic E-state index is 0.131. The largest absolute Gasteiger partial charge is 0.491 e. The molecule has 0 unspecified atom stereocenters. The second-order valence-electron chi connectivity index (χ2n) is 7.39. The molecule has 0 atom stereocenters. The first-order valence-electron chi connectivity index (χ1n) is 9.40. The zero-order chi connectivity index (χ0) is 18.1. The van der Waals surface area contributed by atoms with Gasteiger partial charge in [0.2, 0.25) is 5.78 Å². The zero-order valence-corrected chi connectivity index (χ0v) is 15.3. The van der Waals surface area contributed by atoms with Crippen LogP contribution in [0, 0.1) is 0 Å². The Labute approximate surface area is 154 Å². The fraction of sp³-hybridized carbons (Fsp3) is 0.348. The quantitative estimate of drug-likeness (QED) is 0.756. The van der Waals surface area contributed by atoms with Crippen molar-refractivity contribution in [3.05, 3.63) is 65.7 Å². The Hall–Kier alpha value is -2.55. The molecule has 1 fully saturated rings. The summed E-state index contributed by atoms with van der Waals surface area (Å²) in [5, 5.41) is 0. The molecule has 26 heavy (non-hydrogen) atoms. The fourth-order valence-electron chi connectivity index (χ4n) is 3.93. The fourth-order valence-corrected chi connectivity index (χ4v) is 3.93. The third kappa shape index (κ3) is 2.92. The van der Waals surface area contributed by atoms with Crippen molar-refractivity contribution in [3.63, 3.8) is 0 Å². The summed E-state index contributed by atoms with van der Waals surface area (Å²) in [5.74, 6) is 1.67. The molecule has 2 aliphatic rings. The van der Waals surface area contributed by atoms with Gasteiger partial charge in [0, 0.05) is 5.56 Å². The molecule has 0 radical (unpaired) electrons. The molecule has 3 heteroatoms. The van der Waals surface area contributed by atoms with E-state index >= 15 is 0 Å². The molecule has 1 saturated carbocycles. The highest BCUT2D eigenvalue weighted by Crippen LogP contribution is 2.48. The lowest BCUT2D eigenvalue weighted by Crippen LogP contribution is -2.33. The van der Waals surface area contributed by atoms with Crippen molar-refractivity contribution in [2.75, 3.05) is 0 Å². The summed E-state index contributed by atoms with van der Waals surface area (Å²) in [6, 6.07) is 17.7. The molecule has 1 spiro atoms. The van der Waals surface area contributed by atoms with E-state index in [0.29, 0.717) is 11.3 Å². The molecule has 1 aliphatic carbocycles. The van der Waals surface area contributed by atoms with Crippen molar-refractivity contribution in [3.8, 4) is 5.75 Å². The molecule has 2 aromatic rings. The van der Waals surface area contributed by atoms with Gasteiger partial charge in [-0.2, -0.15) is 0 Å². The van der Waals surface area contributed by atoms with E-state index in [1.165, 1.54) is 0 Å². The van der Waals surface area contributed by atoms with E-state index in [4.69, 9.17) is 9.47 Å². The van der Waals surface area contributed by atoms with E-state index in [1.807, 2.05) is 68.4 Å². The van der Waals surface area contributed by atoms with Crippen LogP contribution in [0.15, 0.2) is 54.6 Å². The lowest BCUT2D eigenvalue weighted by molar-refractivity contribution is -0.127. The maximum absolute atomic E-state index is 13.3. The number of hydrogen-bond acceptors (Lipinski definition) is 3. The van der Waals surface area contributed by atoms with Gasteiger partial charge >= 0.3 is 0 Å². The monoisotopic (exact) mass is 348 g/mol. The Bertz CT molecular complexity index is 826. The first kappa shape index (κ1) is 16.9. The molecule has 2 aromatic carbocycles. The SMILES string of the molecule is CC(C)Oc1ccc(C2=C(c3ccccc3)C(=O)C3(CCCC3)O2)cc1. The van der Waals surface area contributed by atoms with E-state index in [-0.39, 0.29) is 11.9 Å². The van der Waals surface area contributed by atoms with Crippen LogP contribution in [-0.2, 0) is 9.53 Å². The number of rotatable bonds is 4. The molecule has 0 aromatic heterocycles. The Kier molecular flexibility index (Phi) is 4.31. The predicted octanol–water partition coefficient (Wildman–Crippen LogP) is 5.25. The van der Waals surface area contributed by atoms with Gasteiger partial charge in [-0.1, -0.05) is 30.3 Å². The lowest BCUT2D eigenvalue weighted by atomic mass is 9.89. The van der Waals surface area contributed by atoms with Gasteiger partial charge in [0.05, 0.1) is 11.7 Å². The molecule has 0 bridgehead atoms. The molecule has 134 valence electrons. The number of carbonyl (C=O) groups is 1. The average Bonchev–Trinajstić information content (AvgIpc) is 3.22. The van der Waals surface area contributed by atoms with E-state index < -0.39 is 5.60 Å². The first-order chi connectivity index (χ1) is 12.6. The maximum atomic E-state index is 13.3. The van der Waals surface area contributed by atoms with E-state index in [2.05, 4.69) is 0 Å². The summed E-state index contributed by atoms with van der Waals surface area (Å²) >= 11 is 0. The Morgan fingerprint density at radius 2 is 1.58 bits per heavy atom. The van der Waals surface area contributed by atoms with Crippen LogP contribution in [0.4, 0.5) is 0 Å². The van der Waals surface area contributed by atoms with Crippen LogP contribution in [0.3, 0.4) is 0 Å². The number of benzene rings is 2. The van der Waals surface area contributed by atoms with Gasteiger partial charge in [-0.25, -0.2) is 0 Å². The summed E-state index contributed by atoms with van der Waals surface area (Å²) < 4.78 is 12.1. The Balaban J connectivity index is 1.77. The third-order valence-corrected chi connectivity index (χ3v) is 5.13. The standard InChI is InChI=1S/C23H24O3/c1-16(2)25-19-12-10-18(11-13-19)21-20(17-8-4-3-5-9-17)22(24)23(26-21)14-6-7-15-23/h3-5,8-13,16H,6-7,14-15H2,1-2H3. The number of Topliss-reactive ketones (excluding diaryl/α,β-unsaturated/α-hetero) is 1. The minimum Gasteiger partial charge on any atom is -0.491 e. The normalized spacial score (nSPS) is 18.7. The average molecular weight is 348 g/mol. The van der Waals surface area contributed by atoms with Crippen LogP contribution in [-0.4, -0.2) is 17.5 Å².